The Morgan fingerprint density at radius 3 is 0.754 bits per heavy atom. The molecule has 0 bridgehead atoms. The summed E-state index contributed by atoms with van der Waals surface area (Å²) >= 11 is 0. The lowest BCUT2D eigenvalue weighted by Crippen LogP contribution is -2.30. The Kier molecular flexibility index (Phi) is 52.1. The number of carbonyl (C=O) groups is 3. The van der Waals surface area contributed by atoms with Gasteiger partial charge in [0.25, 0.3) is 0 Å². The third-order valence-electron chi connectivity index (χ3n) is 13.5. The van der Waals surface area contributed by atoms with E-state index in [0.717, 1.165) is 63.7 Å². The Labute approximate surface area is 406 Å². The second kappa shape index (κ2) is 53.4. The summed E-state index contributed by atoms with van der Waals surface area (Å²) in [6, 6.07) is 0. The Balaban J connectivity index is 4.29. The van der Waals surface area contributed by atoms with E-state index in [9.17, 15) is 14.4 Å². The van der Waals surface area contributed by atoms with Gasteiger partial charge in [0.1, 0.15) is 13.2 Å². The van der Waals surface area contributed by atoms with Crippen molar-refractivity contribution in [1.29, 1.82) is 0 Å². The Morgan fingerprint density at radius 1 is 0.292 bits per heavy atom. The third kappa shape index (κ3) is 53.2. The van der Waals surface area contributed by atoms with Crippen molar-refractivity contribution in [2.75, 3.05) is 13.2 Å². The van der Waals surface area contributed by atoms with Crippen LogP contribution in [0.2, 0.25) is 0 Å². The Hall–Kier alpha value is -1.59. The minimum atomic E-state index is -0.762. The lowest BCUT2D eigenvalue weighted by Gasteiger charge is -2.18. The van der Waals surface area contributed by atoms with Crippen LogP contribution in [0.3, 0.4) is 0 Å². The van der Waals surface area contributed by atoms with Crippen LogP contribution in [0.15, 0.2) is 0 Å². The van der Waals surface area contributed by atoms with Crippen molar-refractivity contribution in [2.45, 2.75) is 342 Å². The van der Waals surface area contributed by atoms with E-state index in [1.54, 1.807) is 0 Å². The van der Waals surface area contributed by atoms with E-state index < -0.39 is 6.10 Å². The largest absolute Gasteiger partial charge is 0.462 e. The van der Waals surface area contributed by atoms with Crippen molar-refractivity contribution >= 4 is 17.9 Å². The van der Waals surface area contributed by atoms with Gasteiger partial charge in [-0.15, -0.1) is 0 Å². The third-order valence-corrected chi connectivity index (χ3v) is 13.5. The van der Waals surface area contributed by atoms with Crippen LogP contribution < -0.4 is 0 Å². The fraction of sp³-hybridized carbons (Fsp3) is 0.949. The number of unbranched alkanes of at least 4 members (excludes halogenated alkanes) is 41. The molecule has 1 atom stereocenters. The predicted molar refractivity (Wildman–Crippen MR) is 280 cm³/mol. The summed E-state index contributed by atoms with van der Waals surface area (Å²) in [5, 5.41) is 0. The molecule has 0 aromatic rings. The van der Waals surface area contributed by atoms with Crippen molar-refractivity contribution in [2.24, 2.45) is 5.92 Å². The van der Waals surface area contributed by atoms with E-state index in [1.165, 1.54) is 231 Å². The van der Waals surface area contributed by atoms with Crippen LogP contribution in [0.1, 0.15) is 336 Å². The number of esters is 3. The molecule has 0 heterocycles. The molecule has 6 heteroatoms. The van der Waals surface area contributed by atoms with Gasteiger partial charge in [-0.25, -0.2) is 0 Å². The fourth-order valence-corrected chi connectivity index (χ4v) is 9.10. The van der Waals surface area contributed by atoms with Gasteiger partial charge >= 0.3 is 17.9 Å². The van der Waals surface area contributed by atoms with Gasteiger partial charge in [-0.05, 0) is 25.2 Å². The maximum Gasteiger partial charge on any atom is 0.306 e. The minimum Gasteiger partial charge on any atom is -0.462 e. The molecule has 0 aromatic carbocycles. The van der Waals surface area contributed by atoms with E-state index in [4.69, 9.17) is 14.2 Å². The first-order valence-electron chi connectivity index (χ1n) is 29.4. The van der Waals surface area contributed by atoms with Crippen molar-refractivity contribution in [3.63, 3.8) is 0 Å². The first-order chi connectivity index (χ1) is 31.9. The molecule has 0 spiro atoms. The highest BCUT2D eigenvalue weighted by Crippen LogP contribution is 2.18. The Bertz CT molecular complexity index is 980. The standard InChI is InChI=1S/C59H114O6/c1-5-7-9-11-13-15-17-19-21-23-25-27-31-36-40-44-48-52-59(62)65-56(54-64-58(61)51-47-43-39-35-32-28-29-33-37-41-45-49-55(3)4)53-63-57(60)50-46-42-38-34-30-26-24-22-20-18-16-14-12-10-8-6-2/h55-56H,5-54H2,1-4H3/t56-/m0/s1. The van der Waals surface area contributed by atoms with E-state index in [0.29, 0.717) is 19.3 Å². The van der Waals surface area contributed by atoms with Gasteiger partial charge in [0.15, 0.2) is 6.10 Å². The molecular weight excluding hydrogens is 805 g/mol. The number of hydrogen-bond acceptors (Lipinski definition) is 6. The van der Waals surface area contributed by atoms with Gasteiger partial charge in [0.05, 0.1) is 0 Å². The summed E-state index contributed by atoms with van der Waals surface area (Å²) in [5.41, 5.74) is 0. The molecule has 6 nitrogen and oxygen atoms in total. The summed E-state index contributed by atoms with van der Waals surface area (Å²) in [6.45, 7) is 9.06. The first-order valence-corrected chi connectivity index (χ1v) is 29.4. The monoisotopic (exact) mass is 919 g/mol. The highest BCUT2D eigenvalue weighted by molar-refractivity contribution is 5.71. The molecule has 0 aliphatic heterocycles. The van der Waals surface area contributed by atoms with Crippen LogP contribution in [0.25, 0.3) is 0 Å². The van der Waals surface area contributed by atoms with Crippen LogP contribution in [-0.2, 0) is 28.6 Å². The zero-order valence-corrected chi connectivity index (χ0v) is 44.5. The minimum absolute atomic E-state index is 0.0618. The quantitative estimate of drug-likeness (QED) is 0.0344. The van der Waals surface area contributed by atoms with Crippen LogP contribution in [0, 0.1) is 5.92 Å². The summed E-state index contributed by atoms with van der Waals surface area (Å²) in [6.07, 6.45) is 58.1. The van der Waals surface area contributed by atoms with E-state index >= 15 is 0 Å². The van der Waals surface area contributed by atoms with Crippen LogP contribution in [0.4, 0.5) is 0 Å². The van der Waals surface area contributed by atoms with Crippen molar-refractivity contribution < 1.29 is 28.6 Å². The maximum atomic E-state index is 12.9. The topological polar surface area (TPSA) is 78.9 Å². The molecule has 0 aromatic heterocycles. The van der Waals surface area contributed by atoms with Gasteiger partial charge < -0.3 is 14.2 Å². The molecule has 0 saturated heterocycles. The predicted octanol–water partition coefficient (Wildman–Crippen LogP) is 19.4. The molecule has 0 radical (unpaired) electrons. The number of ether oxygens (including phenoxy) is 3. The summed E-state index contributed by atoms with van der Waals surface area (Å²) in [4.78, 5) is 38.2. The van der Waals surface area contributed by atoms with Crippen molar-refractivity contribution in [3.8, 4) is 0 Å². The van der Waals surface area contributed by atoms with Crippen molar-refractivity contribution in [3.05, 3.63) is 0 Å². The Morgan fingerprint density at radius 2 is 0.508 bits per heavy atom. The first kappa shape index (κ1) is 63.4. The molecular formula is C59H114O6. The number of rotatable bonds is 54. The van der Waals surface area contributed by atoms with Gasteiger partial charge in [0, 0.05) is 19.3 Å². The van der Waals surface area contributed by atoms with Crippen LogP contribution >= 0.6 is 0 Å². The zero-order valence-electron chi connectivity index (χ0n) is 44.5. The molecule has 0 saturated carbocycles. The summed E-state index contributed by atoms with van der Waals surface area (Å²) < 4.78 is 16.9. The van der Waals surface area contributed by atoms with Crippen LogP contribution in [-0.4, -0.2) is 37.2 Å². The second-order valence-corrected chi connectivity index (χ2v) is 20.8. The molecule has 0 unspecified atom stereocenters. The number of hydrogen-bond donors (Lipinski definition) is 0. The van der Waals surface area contributed by atoms with E-state index in [-0.39, 0.29) is 31.1 Å². The number of carbonyl (C=O) groups excluding carboxylic acids is 3. The molecule has 0 aliphatic rings. The lowest BCUT2D eigenvalue weighted by atomic mass is 10.0. The van der Waals surface area contributed by atoms with E-state index in [1.807, 2.05) is 0 Å². The highest BCUT2D eigenvalue weighted by atomic mass is 16.6. The van der Waals surface area contributed by atoms with Crippen LogP contribution in [0.5, 0.6) is 0 Å². The zero-order chi connectivity index (χ0) is 47.4. The van der Waals surface area contributed by atoms with Gasteiger partial charge in [-0.2, -0.15) is 0 Å². The van der Waals surface area contributed by atoms with Gasteiger partial charge in [-0.3, -0.25) is 14.4 Å². The molecule has 0 fully saturated rings. The summed E-state index contributed by atoms with van der Waals surface area (Å²) in [7, 11) is 0. The summed E-state index contributed by atoms with van der Waals surface area (Å²) in [5.74, 6) is -0.00746. The molecule has 0 N–H and O–H groups in total. The second-order valence-electron chi connectivity index (χ2n) is 20.8. The highest BCUT2D eigenvalue weighted by Gasteiger charge is 2.19. The van der Waals surface area contributed by atoms with Crippen molar-refractivity contribution in [1.82, 2.24) is 0 Å². The average Bonchev–Trinajstić information content (AvgIpc) is 3.29. The smallest absolute Gasteiger partial charge is 0.306 e. The molecule has 0 amide bonds. The maximum absolute atomic E-state index is 12.9. The molecule has 0 aliphatic carbocycles. The van der Waals surface area contributed by atoms with Gasteiger partial charge in [0.2, 0.25) is 0 Å². The molecule has 65 heavy (non-hydrogen) atoms. The van der Waals surface area contributed by atoms with Gasteiger partial charge in [-0.1, -0.05) is 297 Å². The average molecular weight is 920 g/mol. The fourth-order valence-electron chi connectivity index (χ4n) is 9.10. The normalized spacial score (nSPS) is 12.0. The van der Waals surface area contributed by atoms with E-state index in [2.05, 4.69) is 27.7 Å². The molecule has 0 rings (SSSR count). The SMILES string of the molecule is CCCCCCCCCCCCCCCCCCCC(=O)O[C@@H](COC(=O)CCCCCCCCCCCCCCCCCC)COC(=O)CCCCCCCCCCCCCC(C)C. The lowest BCUT2D eigenvalue weighted by molar-refractivity contribution is -0.167. The molecule has 386 valence electrons.